The summed E-state index contributed by atoms with van der Waals surface area (Å²) in [5, 5.41) is 4.35. The van der Waals surface area contributed by atoms with E-state index in [1.807, 2.05) is 23.7 Å². The number of fused-ring (bicyclic) bond motifs is 1. The zero-order valence-corrected chi connectivity index (χ0v) is 15.8. The van der Waals surface area contributed by atoms with E-state index >= 15 is 0 Å². The molecule has 0 saturated carbocycles. The summed E-state index contributed by atoms with van der Waals surface area (Å²) < 4.78 is 1.06. The van der Waals surface area contributed by atoms with Gasteiger partial charge in [0.1, 0.15) is 17.2 Å². The van der Waals surface area contributed by atoms with Crippen molar-refractivity contribution >= 4 is 44.0 Å². The molecule has 1 aliphatic heterocycles. The van der Waals surface area contributed by atoms with Crippen LogP contribution in [0.15, 0.2) is 40.6 Å². The third-order valence-electron chi connectivity index (χ3n) is 4.55. The SMILES string of the molecule is CC(c1nccs1)N1CCN(c2ncnc3ccc(Br)cc23)CC1. The second-order valence-electron chi connectivity index (χ2n) is 5.93. The number of nitrogens with zero attached hydrogens (tertiary/aromatic N) is 5. The van der Waals surface area contributed by atoms with E-state index in [9.17, 15) is 0 Å². The summed E-state index contributed by atoms with van der Waals surface area (Å²) in [6.45, 7) is 6.20. The average Bonchev–Trinajstić information content (AvgIpc) is 3.15. The number of halogens is 1. The molecule has 4 rings (SSSR count). The summed E-state index contributed by atoms with van der Waals surface area (Å²) in [7, 11) is 0. The molecule has 7 heteroatoms. The van der Waals surface area contributed by atoms with Crippen LogP contribution in [0, 0.1) is 0 Å². The number of benzene rings is 1. The minimum Gasteiger partial charge on any atom is -0.353 e. The van der Waals surface area contributed by atoms with E-state index in [0.717, 1.165) is 47.4 Å². The Morgan fingerprint density at radius 2 is 1.96 bits per heavy atom. The highest BCUT2D eigenvalue weighted by atomic mass is 79.9. The summed E-state index contributed by atoms with van der Waals surface area (Å²) in [5.74, 6) is 1.03. The highest BCUT2D eigenvalue weighted by Gasteiger charge is 2.24. The predicted molar refractivity (Wildman–Crippen MR) is 102 cm³/mol. The molecule has 5 nitrogen and oxygen atoms in total. The van der Waals surface area contributed by atoms with Gasteiger partial charge in [0, 0.05) is 47.6 Å². The summed E-state index contributed by atoms with van der Waals surface area (Å²) in [6, 6.07) is 6.54. The van der Waals surface area contributed by atoms with Gasteiger partial charge in [0.15, 0.2) is 0 Å². The summed E-state index contributed by atoms with van der Waals surface area (Å²) in [5.41, 5.74) is 0.988. The number of aromatic nitrogens is 3. The van der Waals surface area contributed by atoms with Crippen LogP contribution >= 0.6 is 27.3 Å². The first-order valence-electron chi connectivity index (χ1n) is 8.01. The lowest BCUT2D eigenvalue weighted by molar-refractivity contribution is 0.198. The van der Waals surface area contributed by atoms with Gasteiger partial charge in [-0.15, -0.1) is 11.3 Å². The van der Waals surface area contributed by atoms with Gasteiger partial charge in [-0.2, -0.15) is 0 Å². The second-order valence-corrected chi connectivity index (χ2v) is 7.77. The lowest BCUT2D eigenvalue weighted by Crippen LogP contribution is -2.47. The van der Waals surface area contributed by atoms with E-state index in [2.05, 4.69) is 53.7 Å². The Bertz CT molecular complexity index is 830. The number of anilines is 1. The third-order valence-corrected chi connectivity index (χ3v) is 5.99. The van der Waals surface area contributed by atoms with E-state index in [-0.39, 0.29) is 0 Å². The zero-order valence-electron chi connectivity index (χ0n) is 13.4. The molecule has 1 atom stereocenters. The van der Waals surface area contributed by atoms with Gasteiger partial charge in [0.2, 0.25) is 0 Å². The maximum absolute atomic E-state index is 4.56. The first kappa shape index (κ1) is 15.9. The number of thiazole rings is 1. The van der Waals surface area contributed by atoms with Crippen molar-refractivity contribution in [2.24, 2.45) is 0 Å². The van der Waals surface area contributed by atoms with E-state index in [4.69, 9.17) is 0 Å². The third kappa shape index (κ3) is 3.03. The molecule has 0 amide bonds. The number of hydrogen-bond donors (Lipinski definition) is 0. The lowest BCUT2D eigenvalue weighted by Gasteiger charge is -2.38. The van der Waals surface area contributed by atoms with Gasteiger partial charge in [0.05, 0.1) is 11.6 Å². The number of piperazine rings is 1. The smallest absolute Gasteiger partial charge is 0.140 e. The van der Waals surface area contributed by atoms with Crippen LogP contribution in [0.5, 0.6) is 0 Å². The standard InChI is InChI=1S/C17H18BrN5S/c1-12(17-19-4-9-24-17)22-5-7-23(8-6-22)16-14-10-13(18)2-3-15(14)20-11-21-16/h2-4,9-12H,5-8H2,1H3. The molecule has 3 aromatic rings. The van der Waals surface area contributed by atoms with Gasteiger partial charge in [-0.1, -0.05) is 15.9 Å². The van der Waals surface area contributed by atoms with Crippen LogP contribution in [-0.2, 0) is 0 Å². The topological polar surface area (TPSA) is 45.2 Å². The first-order valence-corrected chi connectivity index (χ1v) is 9.68. The average molecular weight is 404 g/mol. The quantitative estimate of drug-likeness (QED) is 0.666. The predicted octanol–water partition coefficient (Wildman–Crippen LogP) is 3.73. The van der Waals surface area contributed by atoms with Crippen molar-refractivity contribution in [1.29, 1.82) is 0 Å². The normalized spacial score (nSPS) is 17.3. The van der Waals surface area contributed by atoms with Crippen molar-refractivity contribution < 1.29 is 0 Å². The van der Waals surface area contributed by atoms with Crippen molar-refractivity contribution in [3.63, 3.8) is 0 Å². The summed E-state index contributed by atoms with van der Waals surface area (Å²) in [4.78, 5) is 18.2. The van der Waals surface area contributed by atoms with Crippen LogP contribution in [0.1, 0.15) is 18.0 Å². The molecule has 0 bridgehead atoms. The highest BCUT2D eigenvalue weighted by Crippen LogP contribution is 2.28. The molecule has 1 fully saturated rings. The van der Waals surface area contributed by atoms with Crippen LogP contribution < -0.4 is 4.90 Å². The van der Waals surface area contributed by atoms with Crippen LogP contribution in [0.3, 0.4) is 0 Å². The Labute approximate surface area is 153 Å². The molecule has 2 aromatic heterocycles. The van der Waals surface area contributed by atoms with E-state index in [1.54, 1.807) is 17.7 Å². The molecule has 1 aromatic carbocycles. The fourth-order valence-corrected chi connectivity index (χ4v) is 4.28. The van der Waals surface area contributed by atoms with Crippen LogP contribution in [0.25, 0.3) is 10.9 Å². The summed E-state index contributed by atoms with van der Waals surface area (Å²) in [6.07, 6.45) is 3.55. The molecule has 24 heavy (non-hydrogen) atoms. The molecular weight excluding hydrogens is 386 g/mol. The Balaban J connectivity index is 1.53. The van der Waals surface area contributed by atoms with Gasteiger partial charge in [0.25, 0.3) is 0 Å². The molecule has 1 unspecified atom stereocenters. The van der Waals surface area contributed by atoms with Crippen molar-refractivity contribution in [2.75, 3.05) is 31.1 Å². The molecule has 1 aliphatic rings. The first-order chi connectivity index (χ1) is 11.7. The van der Waals surface area contributed by atoms with Gasteiger partial charge in [-0.25, -0.2) is 15.0 Å². The molecule has 0 radical (unpaired) electrons. The molecule has 124 valence electrons. The fraction of sp³-hybridized carbons (Fsp3) is 0.353. The molecule has 1 saturated heterocycles. The fourth-order valence-electron chi connectivity index (χ4n) is 3.19. The Kier molecular flexibility index (Phi) is 4.47. The maximum Gasteiger partial charge on any atom is 0.140 e. The van der Waals surface area contributed by atoms with E-state index in [1.165, 1.54) is 5.01 Å². The molecule has 0 aliphatic carbocycles. The summed E-state index contributed by atoms with van der Waals surface area (Å²) >= 11 is 5.29. The number of hydrogen-bond acceptors (Lipinski definition) is 6. The molecular formula is C17H18BrN5S. The lowest BCUT2D eigenvalue weighted by atomic mass is 10.2. The minimum atomic E-state index is 0.378. The van der Waals surface area contributed by atoms with Gasteiger partial charge < -0.3 is 4.90 Å². The Hall–Kier alpha value is -1.57. The Morgan fingerprint density at radius 1 is 1.12 bits per heavy atom. The second kappa shape index (κ2) is 6.74. The molecule has 0 N–H and O–H groups in total. The number of rotatable bonds is 3. The Morgan fingerprint density at radius 3 is 2.71 bits per heavy atom. The van der Waals surface area contributed by atoms with Crippen LogP contribution in [-0.4, -0.2) is 46.0 Å². The van der Waals surface area contributed by atoms with E-state index in [0.29, 0.717) is 6.04 Å². The van der Waals surface area contributed by atoms with Crippen LogP contribution in [0.4, 0.5) is 5.82 Å². The monoisotopic (exact) mass is 403 g/mol. The van der Waals surface area contributed by atoms with Gasteiger partial charge in [-0.3, -0.25) is 4.90 Å². The highest BCUT2D eigenvalue weighted by molar-refractivity contribution is 9.10. The molecule has 3 heterocycles. The van der Waals surface area contributed by atoms with Crippen molar-refractivity contribution in [1.82, 2.24) is 19.9 Å². The van der Waals surface area contributed by atoms with Crippen molar-refractivity contribution in [3.8, 4) is 0 Å². The van der Waals surface area contributed by atoms with Crippen LogP contribution in [0.2, 0.25) is 0 Å². The van der Waals surface area contributed by atoms with Crippen molar-refractivity contribution in [3.05, 3.63) is 45.6 Å². The van der Waals surface area contributed by atoms with Gasteiger partial charge >= 0.3 is 0 Å². The van der Waals surface area contributed by atoms with Crippen molar-refractivity contribution in [2.45, 2.75) is 13.0 Å². The maximum atomic E-state index is 4.56. The van der Waals surface area contributed by atoms with Gasteiger partial charge in [-0.05, 0) is 25.1 Å². The molecule has 0 spiro atoms. The minimum absolute atomic E-state index is 0.378. The van der Waals surface area contributed by atoms with E-state index < -0.39 is 0 Å². The zero-order chi connectivity index (χ0) is 16.5. The largest absolute Gasteiger partial charge is 0.353 e.